The fourth-order valence-electron chi connectivity index (χ4n) is 1.38. The van der Waals surface area contributed by atoms with E-state index in [-0.39, 0.29) is 0 Å². The van der Waals surface area contributed by atoms with Crippen LogP contribution in [-0.4, -0.2) is 5.75 Å². The zero-order chi connectivity index (χ0) is 11.3. The molecular weight excluding hydrogens is 270 g/mol. The SMILES string of the molecule is CCC(CC)CSc1ccc(Br)cc1N. The minimum atomic E-state index is 0.804. The molecule has 15 heavy (non-hydrogen) atoms. The molecule has 0 unspecified atom stereocenters. The first-order valence-electron chi connectivity index (χ1n) is 5.35. The van der Waals surface area contributed by atoms with Gasteiger partial charge >= 0.3 is 0 Å². The molecule has 0 atom stereocenters. The van der Waals surface area contributed by atoms with Gasteiger partial charge in [-0.15, -0.1) is 11.8 Å². The summed E-state index contributed by atoms with van der Waals surface area (Å²) in [5.41, 5.74) is 6.81. The molecule has 0 aliphatic heterocycles. The first kappa shape index (κ1) is 12.9. The van der Waals surface area contributed by atoms with Crippen LogP contribution in [0, 0.1) is 5.92 Å². The van der Waals surface area contributed by atoms with Gasteiger partial charge < -0.3 is 5.73 Å². The smallest absolute Gasteiger partial charge is 0.0463 e. The standard InChI is InChI=1S/C12H18BrNS/c1-3-9(4-2)8-15-12-6-5-10(13)7-11(12)14/h5-7,9H,3-4,8,14H2,1-2H3. The second-order valence-corrected chi connectivity index (χ2v) is 5.65. The van der Waals surface area contributed by atoms with Gasteiger partial charge in [-0.05, 0) is 24.1 Å². The maximum Gasteiger partial charge on any atom is 0.0463 e. The Morgan fingerprint density at radius 1 is 1.33 bits per heavy atom. The summed E-state index contributed by atoms with van der Waals surface area (Å²) < 4.78 is 1.05. The van der Waals surface area contributed by atoms with Crippen molar-refractivity contribution < 1.29 is 0 Å². The van der Waals surface area contributed by atoms with Gasteiger partial charge in [-0.1, -0.05) is 42.6 Å². The first-order valence-corrected chi connectivity index (χ1v) is 7.13. The van der Waals surface area contributed by atoms with E-state index in [9.17, 15) is 0 Å². The average Bonchev–Trinajstić information content (AvgIpc) is 2.22. The Labute approximate surface area is 105 Å². The zero-order valence-electron chi connectivity index (χ0n) is 9.29. The van der Waals surface area contributed by atoms with Crippen LogP contribution in [0.5, 0.6) is 0 Å². The lowest BCUT2D eigenvalue weighted by molar-refractivity contribution is 0.554. The molecule has 0 spiro atoms. The maximum atomic E-state index is 5.94. The second kappa shape index (κ2) is 6.44. The first-order chi connectivity index (χ1) is 7.17. The Bertz CT molecular complexity index is 310. The van der Waals surface area contributed by atoms with Gasteiger partial charge in [-0.25, -0.2) is 0 Å². The quantitative estimate of drug-likeness (QED) is 0.635. The molecule has 0 saturated carbocycles. The maximum absolute atomic E-state index is 5.94. The third-order valence-corrected chi connectivity index (χ3v) is 4.42. The van der Waals surface area contributed by atoms with Crippen molar-refractivity contribution in [1.82, 2.24) is 0 Å². The molecule has 0 bridgehead atoms. The van der Waals surface area contributed by atoms with Crippen LogP contribution in [0.15, 0.2) is 27.6 Å². The van der Waals surface area contributed by atoms with E-state index in [4.69, 9.17) is 5.73 Å². The van der Waals surface area contributed by atoms with Gasteiger partial charge in [0.05, 0.1) is 0 Å². The number of benzene rings is 1. The van der Waals surface area contributed by atoms with Gasteiger partial charge in [0.1, 0.15) is 0 Å². The van der Waals surface area contributed by atoms with E-state index in [0.29, 0.717) is 0 Å². The molecule has 0 heterocycles. The zero-order valence-corrected chi connectivity index (χ0v) is 11.7. The summed E-state index contributed by atoms with van der Waals surface area (Å²) in [6, 6.07) is 6.10. The number of hydrogen-bond donors (Lipinski definition) is 1. The lowest BCUT2D eigenvalue weighted by Gasteiger charge is -2.12. The summed E-state index contributed by atoms with van der Waals surface area (Å²) in [6.07, 6.45) is 2.50. The number of hydrogen-bond acceptors (Lipinski definition) is 2. The van der Waals surface area contributed by atoms with Gasteiger partial charge in [-0.3, -0.25) is 0 Å². The van der Waals surface area contributed by atoms with Crippen LogP contribution in [-0.2, 0) is 0 Å². The summed E-state index contributed by atoms with van der Waals surface area (Å²) in [7, 11) is 0. The van der Waals surface area contributed by atoms with Crippen LogP contribution in [0.3, 0.4) is 0 Å². The van der Waals surface area contributed by atoms with E-state index < -0.39 is 0 Å². The van der Waals surface area contributed by atoms with E-state index in [0.717, 1.165) is 16.1 Å². The van der Waals surface area contributed by atoms with E-state index in [1.807, 2.05) is 23.9 Å². The van der Waals surface area contributed by atoms with Crippen molar-refractivity contribution in [2.75, 3.05) is 11.5 Å². The van der Waals surface area contributed by atoms with E-state index >= 15 is 0 Å². The lowest BCUT2D eigenvalue weighted by atomic mass is 10.1. The number of rotatable bonds is 5. The average molecular weight is 288 g/mol. The fourth-order valence-corrected chi connectivity index (χ4v) is 3.04. The normalized spacial score (nSPS) is 10.9. The van der Waals surface area contributed by atoms with Crippen LogP contribution in [0.25, 0.3) is 0 Å². The Balaban J connectivity index is 2.57. The molecule has 1 aromatic carbocycles. The predicted octanol–water partition coefficient (Wildman–Crippen LogP) is 4.56. The van der Waals surface area contributed by atoms with Crippen molar-refractivity contribution in [1.29, 1.82) is 0 Å². The Morgan fingerprint density at radius 3 is 2.53 bits per heavy atom. The number of nitrogen functional groups attached to an aromatic ring is 1. The molecule has 0 fully saturated rings. The van der Waals surface area contributed by atoms with Gasteiger partial charge in [0, 0.05) is 20.8 Å². The molecule has 1 nitrogen and oxygen atoms in total. The number of nitrogens with two attached hydrogens (primary N) is 1. The van der Waals surface area contributed by atoms with E-state index in [2.05, 4.69) is 35.8 Å². The highest BCUT2D eigenvalue weighted by Gasteiger charge is 2.06. The number of halogens is 1. The molecule has 0 aliphatic carbocycles. The van der Waals surface area contributed by atoms with E-state index in [1.54, 1.807) is 0 Å². The molecule has 3 heteroatoms. The molecular formula is C12H18BrNS. The lowest BCUT2D eigenvalue weighted by Crippen LogP contribution is -2.00. The van der Waals surface area contributed by atoms with Crippen LogP contribution in [0.4, 0.5) is 5.69 Å². The topological polar surface area (TPSA) is 26.0 Å². The van der Waals surface area contributed by atoms with Gasteiger partial charge in [0.15, 0.2) is 0 Å². The van der Waals surface area contributed by atoms with Gasteiger partial charge in [0.25, 0.3) is 0 Å². The minimum Gasteiger partial charge on any atom is -0.398 e. The van der Waals surface area contributed by atoms with Crippen LogP contribution in [0.1, 0.15) is 26.7 Å². The molecule has 0 aliphatic rings. The van der Waals surface area contributed by atoms with Crippen molar-refractivity contribution in [2.24, 2.45) is 5.92 Å². The van der Waals surface area contributed by atoms with Crippen molar-refractivity contribution in [2.45, 2.75) is 31.6 Å². The fraction of sp³-hybridized carbons (Fsp3) is 0.500. The Kier molecular flexibility index (Phi) is 5.54. The summed E-state index contributed by atoms with van der Waals surface area (Å²) in [5, 5.41) is 0. The summed E-state index contributed by atoms with van der Waals surface area (Å²) >= 11 is 5.28. The molecule has 0 aromatic heterocycles. The Hall–Kier alpha value is -0.150. The monoisotopic (exact) mass is 287 g/mol. The minimum absolute atomic E-state index is 0.804. The van der Waals surface area contributed by atoms with E-state index in [1.165, 1.54) is 23.5 Å². The predicted molar refractivity (Wildman–Crippen MR) is 73.4 cm³/mol. The summed E-state index contributed by atoms with van der Waals surface area (Å²) in [4.78, 5) is 1.20. The van der Waals surface area contributed by atoms with Crippen molar-refractivity contribution >= 4 is 33.4 Å². The summed E-state index contributed by atoms with van der Waals surface area (Å²) in [5.74, 6) is 1.97. The molecule has 0 amide bonds. The van der Waals surface area contributed by atoms with Crippen LogP contribution in [0.2, 0.25) is 0 Å². The highest BCUT2D eigenvalue weighted by Crippen LogP contribution is 2.30. The van der Waals surface area contributed by atoms with Crippen molar-refractivity contribution in [3.05, 3.63) is 22.7 Å². The Morgan fingerprint density at radius 2 is 2.00 bits per heavy atom. The number of thioether (sulfide) groups is 1. The highest BCUT2D eigenvalue weighted by molar-refractivity contribution is 9.10. The van der Waals surface area contributed by atoms with Crippen LogP contribution < -0.4 is 5.73 Å². The number of anilines is 1. The van der Waals surface area contributed by atoms with Gasteiger partial charge in [-0.2, -0.15) is 0 Å². The largest absolute Gasteiger partial charge is 0.398 e. The van der Waals surface area contributed by atoms with Crippen molar-refractivity contribution in [3.8, 4) is 0 Å². The molecule has 0 radical (unpaired) electrons. The molecule has 2 N–H and O–H groups in total. The molecule has 0 saturated heterocycles. The molecule has 84 valence electrons. The summed E-state index contributed by atoms with van der Waals surface area (Å²) in [6.45, 7) is 4.50. The van der Waals surface area contributed by atoms with Gasteiger partial charge in [0.2, 0.25) is 0 Å². The highest BCUT2D eigenvalue weighted by atomic mass is 79.9. The van der Waals surface area contributed by atoms with Crippen LogP contribution >= 0.6 is 27.7 Å². The molecule has 1 aromatic rings. The third kappa shape index (κ3) is 4.07. The molecule has 1 rings (SSSR count). The third-order valence-electron chi connectivity index (χ3n) is 2.60. The van der Waals surface area contributed by atoms with Crippen molar-refractivity contribution in [3.63, 3.8) is 0 Å². The second-order valence-electron chi connectivity index (χ2n) is 3.68.